The first-order valence-electron chi connectivity index (χ1n) is 6.06. The van der Waals surface area contributed by atoms with Crippen molar-refractivity contribution in [3.8, 4) is 0 Å². The van der Waals surface area contributed by atoms with E-state index in [9.17, 15) is 13.0 Å². The Bertz CT molecular complexity index is 398. The van der Waals surface area contributed by atoms with E-state index in [4.69, 9.17) is 0 Å². The van der Waals surface area contributed by atoms with Crippen LogP contribution in [0.5, 0.6) is 0 Å². The molecule has 17 heavy (non-hydrogen) atoms. The van der Waals surface area contributed by atoms with E-state index in [-0.39, 0.29) is 5.92 Å². The zero-order valence-electron chi connectivity index (χ0n) is 11.0. The van der Waals surface area contributed by atoms with Gasteiger partial charge in [-0.15, -0.1) is 0 Å². The lowest BCUT2D eigenvalue weighted by Crippen LogP contribution is -2.40. The minimum atomic E-state index is -3.95. The Morgan fingerprint density at radius 2 is 1.82 bits per heavy atom. The molecule has 0 radical (unpaired) electrons. The Hall–Kier alpha value is -0.390. The Balaban J connectivity index is 2.84. The molecule has 0 saturated heterocycles. The van der Waals surface area contributed by atoms with Crippen molar-refractivity contribution in [2.75, 3.05) is 6.54 Å². The van der Waals surface area contributed by atoms with Gasteiger partial charge in [-0.25, -0.2) is 0 Å². The van der Waals surface area contributed by atoms with Crippen LogP contribution in [0.1, 0.15) is 40.5 Å². The van der Waals surface area contributed by atoms with Gasteiger partial charge in [0.1, 0.15) is 0 Å². The normalized spacial score (nSPS) is 26.7. The van der Waals surface area contributed by atoms with E-state index in [2.05, 4.69) is 5.32 Å². The minimum absolute atomic E-state index is 0.0314. The first-order valence-corrected chi connectivity index (χ1v) is 7.57. The van der Waals surface area contributed by atoms with Gasteiger partial charge in [0, 0.05) is 6.04 Å². The molecule has 2 unspecified atom stereocenters. The molecule has 0 aromatic rings. The highest BCUT2D eigenvalue weighted by molar-refractivity contribution is 7.86. The molecular formula is C12H23NO3S. The summed E-state index contributed by atoms with van der Waals surface area (Å²) in [5.41, 5.74) is 2.34. The second kappa shape index (κ2) is 5.50. The summed E-state index contributed by atoms with van der Waals surface area (Å²) in [7, 11) is -3.95. The summed E-state index contributed by atoms with van der Waals surface area (Å²) in [6, 6.07) is 0.323. The largest absolute Gasteiger partial charge is 0.314 e. The highest BCUT2D eigenvalue weighted by atomic mass is 32.2. The minimum Gasteiger partial charge on any atom is -0.314 e. The Morgan fingerprint density at radius 3 is 2.29 bits per heavy atom. The van der Waals surface area contributed by atoms with Crippen LogP contribution in [0, 0.1) is 5.92 Å². The molecule has 2 atom stereocenters. The predicted octanol–water partition coefficient (Wildman–Crippen LogP) is 1.99. The van der Waals surface area contributed by atoms with Crippen LogP contribution in [0.15, 0.2) is 11.1 Å². The molecule has 1 aliphatic rings. The molecule has 0 aliphatic heterocycles. The summed E-state index contributed by atoms with van der Waals surface area (Å²) >= 11 is 0. The van der Waals surface area contributed by atoms with Crippen LogP contribution in [0.4, 0.5) is 0 Å². The topological polar surface area (TPSA) is 66.4 Å². The Morgan fingerprint density at radius 1 is 1.29 bits per heavy atom. The molecule has 2 N–H and O–H groups in total. The summed E-state index contributed by atoms with van der Waals surface area (Å²) in [5, 5.41) is 2.60. The van der Waals surface area contributed by atoms with Crippen LogP contribution in [0.2, 0.25) is 0 Å². The van der Waals surface area contributed by atoms with E-state index in [0.717, 1.165) is 12.0 Å². The van der Waals surface area contributed by atoms with Gasteiger partial charge in [0.05, 0.1) is 5.25 Å². The fourth-order valence-electron chi connectivity index (χ4n) is 2.28. The molecule has 100 valence electrons. The van der Waals surface area contributed by atoms with Crippen molar-refractivity contribution in [2.45, 2.75) is 51.8 Å². The second-order valence-corrected chi connectivity index (χ2v) is 6.98. The molecule has 0 amide bonds. The molecule has 1 aliphatic carbocycles. The molecule has 0 aromatic heterocycles. The zero-order chi connectivity index (χ0) is 13.2. The summed E-state index contributed by atoms with van der Waals surface area (Å²) in [4.78, 5) is 0. The van der Waals surface area contributed by atoms with Gasteiger partial charge in [-0.3, -0.25) is 4.55 Å². The average Bonchev–Trinajstić information content (AvgIpc) is 2.17. The molecule has 0 spiro atoms. The van der Waals surface area contributed by atoms with Gasteiger partial charge < -0.3 is 5.32 Å². The fourth-order valence-corrected chi connectivity index (χ4v) is 3.42. The lowest BCUT2D eigenvalue weighted by molar-refractivity contribution is 0.374. The quantitative estimate of drug-likeness (QED) is 0.600. The molecule has 0 saturated carbocycles. The van der Waals surface area contributed by atoms with E-state index in [1.54, 1.807) is 0 Å². The summed E-state index contributed by atoms with van der Waals surface area (Å²) < 4.78 is 32.1. The number of hydrogen-bond donors (Lipinski definition) is 2. The highest BCUT2D eigenvalue weighted by Crippen LogP contribution is 2.32. The fraction of sp³-hybridized carbons (Fsp3) is 0.833. The van der Waals surface area contributed by atoms with Crippen LogP contribution >= 0.6 is 0 Å². The van der Waals surface area contributed by atoms with Crippen molar-refractivity contribution in [3.63, 3.8) is 0 Å². The number of allylic oxidation sites excluding steroid dienone is 2. The summed E-state index contributed by atoms with van der Waals surface area (Å²) in [6.45, 7) is 8.67. The van der Waals surface area contributed by atoms with Gasteiger partial charge in [-0.05, 0) is 39.2 Å². The van der Waals surface area contributed by atoms with E-state index in [1.165, 1.54) is 5.57 Å². The highest BCUT2D eigenvalue weighted by Gasteiger charge is 2.35. The second-order valence-electron chi connectivity index (χ2n) is 5.35. The van der Waals surface area contributed by atoms with Gasteiger partial charge >= 0.3 is 0 Å². The van der Waals surface area contributed by atoms with Crippen LogP contribution in [0.25, 0.3) is 0 Å². The first-order chi connectivity index (χ1) is 7.71. The smallest absolute Gasteiger partial charge is 0.268 e. The monoisotopic (exact) mass is 261 g/mol. The third-order valence-corrected chi connectivity index (χ3v) is 4.82. The summed E-state index contributed by atoms with van der Waals surface area (Å²) in [5.74, 6) is -0.0314. The third kappa shape index (κ3) is 4.08. The van der Waals surface area contributed by atoms with Gasteiger partial charge in [0.15, 0.2) is 0 Å². The van der Waals surface area contributed by atoms with E-state index in [1.807, 2.05) is 27.7 Å². The maximum atomic E-state index is 11.4. The molecule has 1 rings (SSSR count). The van der Waals surface area contributed by atoms with Gasteiger partial charge in [-0.2, -0.15) is 8.42 Å². The van der Waals surface area contributed by atoms with Crippen molar-refractivity contribution < 1.29 is 13.0 Å². The molecule has 5 heteroatoms. The van der Waals surface area contributed by atoms with E-state index >= 15 is 0 Å². The van der Waals surface area contributed by atoms with Gasteiger partial charge in [-0.1, -0.05) is 25.0 Å². The number of nitrogens with one attached hydrogen (secondary N) is 1. The molecular weight excluding hydrogens is 238 g/mol. The van der Waals surface area contributed by atoms with E-state index < -0.39 is 15.4 Å². The number of hydrogen-bond acceptors (Lipinski definition) is 3. The van der Waals surface area contributed by atoms with Crippen molar-refractivity contribution in [3.05, 3.63) is 11.1 Å². The third-order valence-electron chi connectivity index (χ3n) is 3.50. The molecule has 0 heterocycles. The SMILES string of the molecule is CC1=C(C)CC(S(=O)(=O)O)C(CNC(C)C)C1. The Labute approximate surface area is 104 Å². The maximum Gasteiger partial charge on any atom is 0.268 e. The van der Waals surface area contributed by atoms with Crippen LogP contribution < -0.4 is 5.32 Å². The molecule has 0 aromatic carbocycles. The van der Waals surface area contributed by atoms with Crippen molar-refractivity contribution in [1.29, 1.82) is 0 Å². The first kappa shape index (κ1) is 14.7. The van der Waals surface area contributed by atoms with Crippen molar-refractivity contribution >= 4 is 10.1 Å². The van der Waals surface area contributed by atoms with E-state index in [0.29, 0.717) is 19.0 Å². The molecule has 4 nitrogen and oxygen atoms in total. The summed E-state index contributed by atoms with van der Waals surface area (Å²) in [6.07, 6.45) is 1.20. The lowest BCUT2D eigenvalue weighted by Gasteiger charge is -2.31. The van der Waals surface area contributed by atoms with Crippen LogP contribution in [0.3, 0.4) is 0 Å². The maximum absolute atomic E-state index is 11.4. The zero-order valence-corrected chi connectivity index (χ0v) is 11.8. The van der Waals surface area contributed by atoms with Gasteiger partial charge in [0.2, 0.25) is 0 Å². The van der Waals surface area contributed by atoms with Crippen LogP contribution in [-0.2, 0) is 10.1 Å². The van der Waals surface area contributed by atoms with Crippen molar-refractivity contribution in [1.82, 2.24) is 5.32 Å². The van der Waals surface area contributed by atoms with Gasteiger partial charge in [0.25, 0.3) is 10.1 Å². The average molecular weight is 261 g/mol. The van der Waals surface area contributed by atoms with Crippen LogP contribution in [-0.4, -0.2) is 30.8 Å². The number of rotatable bonds is 4. The lowest BCUT2D eigenvalue weighted by atomic mass is 9.84. The molecule has 0 bridgehead atoms. The van der Waals surface area contributed by atoms with Crippen molar-refractivity contribution in [2.24, 2.45) is 5.92 Å². The standard InChI is InChI=1S/C12H23NO3S/c1-8(2)13-7-11-5-9(3)10(4)6-12(11)17(14,15)16/h8,11-13H,5-7H2,1-4H3,(H,14,15,16). The Kier molecular flexibility index (Phi) is 4.75. The molecule has 0 fully saturated rings. The predicted molar refractivity (Wildman–Crippen MR) is 69.6 cm³/mol.